The standard InChI is InChI=1S/C23H34N2OS/c1-6-26-17-23(10-9-21-13-18(2)15-27-21)11-12-25(16-23)22(4,5)20-8-7-19(3)24-14-20/h7-8,13-15H,6,9-12,16-17H2,1-5H3. The van der Waals surface area contributed by atoms with Crippen molar-refractivity contribution in [3.05, 3.63) is 51.5 Å². The Bertz CT molecular complexity index is 737. The largest absolute Gasteiger partial charge is 0.381 e. The van der Waals surface area contributed by atoms with E-state index in [1.54, 1.807) is 0 Å². The Labute approximate surface area is 168 Å². The highest BCUT2D eigenvalue weighted by Crippen LogP contribution is 2.42. The molecule has 1 saturated heterocycles. The molecule has 0 aromatic carbocycles. The van der Waals surface area contributed by atoms with Crippen molar-refractivity contribution in [2.75, 3.05) is 26.3 Å². The van der Waals surface area contributed by atoms with Crippen molar-refractivity contribution in [1.29, 1.82) is 0 Å². The molecule has 1 fully saturated rings. The molecule has 27 heavy (non-hydrogen) atoms. The summed E-state index contributed by atoms with van der Waals surface area (Å²) in [7, 11) is 0. The van der Waals surface area contributed by atoms with Gasteiger partial charge in [-0.3, -0.25) is 9.88 Å². The predicted molar refractivity (Wildman–Crippen MR) is 114 cm³/mol. The summed E-state index contributed by atoms with van der Waals surface area (Å²) in [5, 5.41) is 2.26. The Morgan fingerprint density at radius 1 is 1.30 bits per heavy atom. The van der Waals surface area contributed by atoms with Crippen LogP contribution < -0.4 is 0 Å². The number of hydrogen-bond donors (Lipinski definition) is 0. The van der Waals surface area contributed by atoms with Crippen molar-refractivity contribution in [3.8, 4) is 0 Å². The van der Waals surface area contributed by atoms with Crippen LogP contribution in [0, 0.1) is 19.3 Å². The second kappa shape index (κ2) is 8.42. The van der Waals surface area contributed by atoms with Crippen molar-refractivity contribution in [2.24, 2.45) is 5.41 Å². The second-order valence-electron chi connectivity index (χ2n) is 8.65. The first kappa shape index (κ1) is 20.5. The van der Waals surface area contributed by atoms with Gasteiger partial charge in [0.05, 0.1) is 6.61 Å². The van der Waals surface area contributed by atoms with Crippen LogP contribution in [-0.2, 0) is 16.7 Å². The summed E-state index contributed by atoms with van der Waals surface area (Å²) in [4.78, 5) is 8.67. The van der Waals surface area contributed by atoms with E-state index < -0.39 is 0 Å². The minimum absolute atomic E-state index is 0.00577. The van der Waals surface area contributed by atoms with Gasteiger partial charge in [-0.25, -0.2) is 0 Å². The molecule has 0 spiro atoms. The number of aromatic nitrogens is 1. The molecule has 1 atom stereocenters. The first-order valence-corrected chi connectivity index (χ1v) is 11.0. The summed E-state index contributed by atoms with van der Waals surface area (Å²) in [5.74, 6) is 0. The molecule has 2 aromatic heterocycles. The molecule has 0 amide bonds. The molecule has 0 bridgehead atoms. The fraction of sp³-hybridized carbons (Fsp3) is 0.609. The van der Waals surface area contributed by atoms with Gasteiger partial charge in [-0.2, -0.15) is 0 Å². The van der Waals surface area contributed by atoms with Gasteiger partial charge in [0.1, 0.15) is 0 Å². The Hall–Kier alpha value is -1.23. The number of rotatable bonds is 8. The maximum Gasteiger partial charge on any atom is 0.0535 e. The zero-order valence-electron chi connectivity index (χ0n) is 17.5. The minimum Gasteiger partial charge on any atom is -0.381 e. The van der Waals surface area contributed by atoms with Crippen LogP contribution in [0.3, 0.4) is 0 Å². The van der Waals surface area contributed by atoms with E-state index >= 15 is 0 Å². The lowest BCUT2D eigenvalue weighted by Gasteiger charge is -2.38. The zero-order chi connectivity index (χ0) is 19.5. The number of nitrogens with zero attached hydrogens (tertiary/aromatic N) is 2. The maximum absolute atomic E-state index is 5.96. The van der Waals surface area contributed by atoms with Gasteiger partial charge >= 0.3 is 0 Å². The number of hydrogen-bond acceptors (Lipinski definition) is 4. The number of aryl methyl sites for hydroxylation is 3. The molecule has 0 N–H and O–H groups in total. The number of likely N-dealkylation sites (tertiary alicyclic amines) is 1. The van der Waals surface area contributed by atoms with Crippen molar-refractivity contribution >= 4 is 11.3 Å². The average molecular weight is 387 g/mol. The SMILES string of the molecule is CCOCC1(CCc2cc(C)cs2)CCN(C(C)(C)c2ccc(C)nc2)C1. The number of thiophene rings is 1. The lowest BCUT2D eigenvalue weighted by Crippen LogP contribution is -2.42. The molecule has 3 nitrogen and oxygen atoms in total. The first-order chi connectivity index (χ1) is 12.8. The lowest BCUT2D eigenvalue weighted by molar-refractivity contribution is 0.0386. The molecule has 1 unspecified atom stereocenters. The highest BCUT2D eigenvalue weighted by Gasteiger charge is 2.43. The monoisotopic (exact) mass is 386 g/mol. The summed E-state index contributed by atoms with van der Waals surface area (Å²) >= 11 is 1.90. The van der Waals surface area contributed by atoms with Crippen LogP contribution >= 0.6 is 11.3 Å². The van der Waals surface area contributed by atoms with E-state index in [0.29, 0.717) is 0 Å². The highest BCUT2D eigenvalue weighted by molar-refractivity contribution is 7.10. The Morgan fingerprint density at radius 2 is 2.11 bits per heavy atom. The summed E-state index contributed by atoms with van der Waals surface area (Å²) in [5.41, 5.74) is 4.01. The summed E-state index contributed by atoms with van der Waals surface area (Å²) in [6.45, 7) is 14.9. The van der Waals surface area contributed by atoms with Crippen LogP contribution in [0.4, 0.5) is 0 Å². The molecule has 1 aliphatic heterocycles. The van der Waals surface area contributed by atoms with Crippen molar-refractivity contribution < 1.29 is 4.74 Å². The van der Waals surface area contributed by atoms with E-state index in [1.807, 2.05) is 24.5 Å². The fourth-order valence-electron chi connectivity index (χ4n) is 4.15. The second-order valence-corrected chi connectivity index (χ2v) is 9.64. The van der Waals surface area contributed by atoms with Gasteiger partial charge in [0.2, 0.25) is 0 Å². The number of ether oxygens (including phenoxy) is 1. The van der Waals surface area contributed by atoms with Crippen LogP contribution in [0.5, 0.6) is 0 Å². The van der Waals surface area contributed by atoms with Crippen LogP contribution in [0.25, 0.3) is 0 Å². The molecule has 148 valence electrons. The Morgan fingerprint density at radius 3 is 2.74 bits per heavy atom. The third-order valence-electron chi connectivity index (χ3n) is 6.15. The van der Waals surface area contributed by atoms with Crippen molar-refractivity contribution in [3.63, 3.8) is 0 Å². The smallest absolute Gasteiger partial charge is 0.0535 e. The molecular formula is C23H34N2OS. The fourth-order valence-corrected chi connectivity index (χ4v) is 5.03. The lowest BCUT2D eigenvalue weighted by atomic mass is 9.82. The van der Waals surface area contributed by atoms with E-state index in [0.717, 1.165) is 38.4 Å². The minimum atomic E-state index is -0.00577. The van der Waals surface area contributed by atoms with Gasteiger partial charge in [0.15, 0.2) is 0 Å². The van der Waals surface area contributed by atoms with E-state index in [2.05, 4.69) is 61.2 Å². The van der Waals surface area contributed by atoms with Gasteiger partial charge in [-0.15, -0.1) is 11.3 Å². The van der Waals surface area contributed by atoms with Gasteiger partial charge in [-0.05, 0) is 89.1 Å². The highest BCUT2D eigenvalue weighted by atomic mass is 32.1. The topological polar surface area (TPSA) is 25.4 Å². The van der Waals surface area contributed by atoms with Gasteiger partial charge in [0, 0.05) is 40.9 Å². The molecule has 4 heteroatoms. The van der Waals surface area contributed by atoms with E-state index in [-0.39, 0.29) is 11.0 Å². The van der Waals surface area contributed by atoms with Crippen LogP contribution in [-0.4, -0.2) is 36.2 Å². The molecule has 1 aliphatic rings. The average Bonchev–Trinajstić information content (AvgIpc) is 3.26. The molecule has 2 aromatic rings. The van der Waals surface area contributed by atoms with Crippen molar-refractivity contribution in [2.45, 2.75) is 59.4 Å². The van der Waals surface area contributed by atoms with Crippen molar-refractivity contribution in [1.82, 2.24) is 9.88 Å². The third kappa shape index (κ3) is 4.79. The van der Waals surface area contributed by atoms with Gasteiger partial charge in [-0.1, -0.05) is 6.07 Å². The summed E-state index contributed by atoms with van der Waals surface area (Å²) < 4.78 is 5.96. The van der Waals surface area contributed by atoms with Gasteiger partial charge in [0.25, 0.3) is 0 Å². The molecule has 0 aliphatic carbocycles. The van der Waals surface area contributed by atoms with Gasteiger partial charge < -0.3 is 4.74 Å². The Balaban J connectivity index is 1.73. The summed E-state index contributed by atoms with van der Waals surface area (Å²) in [6.07, 6.45) is 5.62. The van der Waals surface area contributed by atoms with Crippen LogP contribution in [0.2, 0.25) is 0 Å². The first-order valence-electron chi connectivity index (χ1n) is 10.1. The van der Waals surface area contributed by atoms with E-state index in [9.17, 15) is 0 Å². The third-order valence-corrected chi connectivity index (χ3v) is 7.26. The molecule has 3 rings (SSSR count). The number of pyridine rings is 1. The molecular weight excluding hydrogens is 352 g/mol. The predicted octanol–water partition coefficient (Wildman–Crippen LogP) is 5.36. The molecule has 3 heterocycles. The Kier molecular flexibility index (Phi) is 6.39. The van der Waals surface area contributed by atoms with Crippen LogP contribution in [0.15, 0.2) is 29.8 Å². The molecule has 0 radical (unpaired) electrons. The zero-order valence-corrected chi connectivity index (χ0v) is 18.4. The maximum atomic E-state index is 5.96. The summed E-state index contributed by atoms with van der Waals surface area (Å²) in [6, 6.07) is 6.70. The molecule has 0 saturated carbocycles. The normalized spacial score (nSPS) is 21.1. The van der Waals surface area contributed by atoms with E-state index in [4.69, 9.17) is 4.74 Å². The van der Waals surface area contributed by atoms with E-state index in [1.165, 1.54) is 28.8 Å². The van der Waals surface area contributed by atoms with Crippen LogP contribution in [0.1, 0.15) is 55.3 Å². The quantitative estimate of drug-likeness (QED) is 0.611.